The van der Waals surface area contributed by atoms with Crippen molar-refractivity contribution in [2.24, 2.45) is 5.41 Å². The summed E-state index contributed by atoms with van der Waals surface area (Å²) < 4.78 is 13.1. The summed E-state index contributed by atoms with van der Waals surface area (Å²) >= 11 is 0. The highest BCUT2D eigenvalue weighted by Crippen LogP contribution is 2.49. The molecule has 2 amide bonds. The molecule has 0 aromatic heterocycles. The molecular formula is C23H26FN3O2. The third kappa shape index (κ3) is 3.97. The van der Waals surface area contributed by atoms with Crippen LogP contribution in [-0.4, -0.2) is 54.8 Å². The molecule has 0 spiro atoms. The predicted octanol–water partition coefficient (Wildman–Crippen LogP) is 2.91. The van der Waals surface area contributed by atoms with Gasteiger partial charge in [0.05, 0.1) is 0 Å². The zero-order chi connectivity index (χ0) is 20.4. The molecule has 0 radical (unpaired) electrons. The van der Waals surface area contributed by atoms with E-state index in [2.05, 4.69) is 4.90 Å². The fourth-order valence-corrected chi connectivity index (χ4v) is 4.06. The van der Waals surface area contributed by atoms with Crippen molar-refractivity contribution < 1.29 is 14.0 Å². The van der Waals surface area contributed by atoms with E-state index < -0.39 is 5.41 Å². The largest absolute Gasteiger partial charge is 0.368 e. The fraction of sp³-hybridized carbons (Fsp3) is 0.391. The normalized spacial score (nSPS) is 17.7. The zero-order valence-electron chi connectivity index (χ0n) is 16.7. The van der Waals surface area contributed by atoms with Crippen LogP contribution in [0.25, 0.3) is 0 Å². The van der Waals surface area contributed by atoms with Crippen molar-refractivity contribution in [2.45, 2.75) is 19.4 Å². The van der Waals surface area contributed by atoms with Gasteiger partial charge in [-0.1, -0.05) is 30.3 Å². The van der Waals surface area contributed by atoms with Gasteiger partial charge in [-0.05, 0) is 42.7 Å². The Morgan fingerprint density at radius 2 is 1.59 bits per heavy atom. The molecule has 29 heavy (non-hydrogen) atoms. The third-order valence-electron chi connectivity index (χ3n) is 5.94. The van der Waals surface area contributed by atoms with Crippen LogP contribution in [0.2, 0.25) is 0 Å². The zero-order valence-corrected chi connectivity index (χ0v) is 16.7. The van der Waals surface area contributed by atoms with Crippen LogP contribution in [0.4, 0.5) is 10.1 Å². The predicted molar refractivity (Wildman–Crippen MR) is 110 cm³/mol. The molecule has 1 aliphatic carbocycles. The average molecular weight is 395 g/mol. The Hall–Kier alpha value is -2.89. The first kappa shape index (κ1) is 19.4. The molecule has 1 aliphatic heterocycles. The molecule has 1 saturated heterocycles. The summed E-state index contributed by atoms with van der Waals surface area (Å²) in [5, 5.41) is 0. The van der Waals surface area contributed by atoms with Gasteiger partial charge >= 0.3 is 0 Å². The van der Waals surface area contributed by atoms with Gasteiger partial charge < -0.3 is 14.7 Å². The molecule has 0 N–H and O–H groups in total. The molecule has 2 aliphatic rings. The number of nitrogens with zero attached hydrogens (tertiary/aromatic N) is 3. The van der Waals surface area contributed by atoms with E-state index in [-0.39, 0.29) is 17.6 Å². The summed E-state index contributed by atoms with van der Waals surface area (Å²) in [6, 6.07) is 16.2. The Morgan fingerprint density at radius 3 is 2.17 bits per heavy atom. The van der Waals surface area contributed by atoms with Crippen LogP contribution >= 0.6 is 0 Å². The van der Waals surface area contributed by atoms with Gasteiger partial charge in [-0.3, -0.25) is 9.59 Å². The molecule has 152 valence electrons. The van der Waals surface area contributed by atoms with Crippen molar-refractivity contribution in [1.82, 2.24) is 9.80 Å². The molecule has 2 fully saturated rings. The highest BCUT2D eigenvalue weighted by atomic mass is 19.1. The van der Waals surface area contributed by atoms with Crippen LogP contribution in [0.5, 0.6) is 0 Å². The molecular weight excluding hydrogens is 369 g/mol. The summed E-state index contributed by atoms with van der Waals surface area (Å²) in [5.41, 5.74) is 1.14. The molecule has 1 saturated carbocycles. The number of benzene rings is 2. The number of anilines is 1. The SMILES string of the molecule is CN(Cc1ccccc1)C(=O)C1(C(=O)N2CCN(c3ccc(F)cc3)CC2)CC1. The Morgan fingerprint density at radius 1 is 0.966 bits per heavy atom. The van der Waals surface area contributed by atoms with E-state index in [4.69, 9.17) is 0 Å². The lowest BCUT2D eigenvalue weighted by molar-refractivity contribution is -0.149. The van der Waals surface area contributed by atoms with E-state index in [9.17, 15) is 14.0 Å². The van der Waals surface area contributed by atoms with E-state index in [0.29, 0.717) is 45.6 Å². The first-order chi connectivity index (χ1) is 14.0. The lowest BCUT2D eigenvalue weighted by atomic mass is 10.0. The Labute approximate surface area is 170 Å². The van der Waals surface area contributed by atoms with E-state index >= 15 is 0 Å². The fourth-order valence-electron chi connectivity index (χ4n) is 4.06. The monoisotopic (exact) mass is 395 g/mol. The Bertz CT molecular complexity index is 873. The Kier molecular flexibility index (Phi) is 5.26. The smallest absolute Gasteiger partial charge is 0.238 e. The first-order valence-corrected chi connectivity index (χ1v) is 10.1. The van der Waals surface area contributed by atoms with Crippen molar-refractivity contribution in [1.29, 1.82) is 0 Å². The van der Waals surface area contributed by atoms with Crippen LogP contribution in [0, 0.1) is 11.2 Å². The van der Waals surface area contributed by atoms with Crippen LogP contribution in [0.15, 0.2) is 54.6 Å². The summed E-state index contributed by atoms with van der Waals surface area (Å²) in [6.45, 7) is 3.03. The van der Waals surface area contributed by atoms with Crippen LogP contribution in [-0.2, 0) is 16.1 Å². The quantitative estimate of drug-likeness (QED) is 0.732. The summed E-state index contributed by atoms with van der Waals surface area (Å²) in [5.74, 6) is -0.371. The summed E-state index contributed by atoms with van der Waals surface area (Å²) in [6.07, 6.45) is 1.25. The minimum Gasteiger partial charge on any atom is -0.368 e. The van der Waals surface area contributed by atoms with E-state index in [1.165, 1.54) is 12.1 Å². The number of carbonyl (C=O) groups is 2. The number of hydrogen-bond acceptors (Lipinski definition) is 3. The lowest BCUT2D eigenvalue weighted by Crippen LogP contribution is -2.53. The maximum Gasteiger partial charge on any atom is 0.238 e. The number of hydrogen-bond donors (Lipinski definition) is 0. The van der Waals surface area contributed by atoms with Crippen LogP contribution in [0.1, 0.15) is 18.4 Å². The van der Waals surface area contributed by atoms with Crippen molar-refractivity contribution in [3.63, 3.8) is 0 Å². The molecule has 1 heterocycles. The van der Waals surface area contributed by atoms with Crippen molar-refractivity contribution in [3.05, 3.63) is 66.0 Å². The molecule has 5 nitrogen and oxygen atoms in total. The van der Waals surface area contributed by atoms with E-state index in [0.717, 1.165) is 11.3 Å². The van der Waals surface area contributed by atoms with E-state index in [1.54, 1.807) is 24.1 Å². The number of amides is 2. The second-order valence-corrected chi connectivity index (χ2v) is 7.98. The molecule has 2 aromatic carbocycles. The molecule has 0 atom stereocenters. The van der Waals surface area contributed by atoms with Gasteiger partial charge in [0, 0.05) is 45.5 Å². The number of piperazine rings is 1. The minimum absolute atomic E-state index is 0.0406. The standard InChI is InChI=1S/C23H26FN3O2/c1-25(17-18-5-3-2-4-6-18)21(28)23(11-12-23)22(29)27-15-13-26(14-16-27)20-9-7-19(24)8-10-20/h2-10H,11-17H2,1H3. The van der Waals surface area contributed by atoms with Crippen molar-refractivity contribution in [3.8, 4) is 0 Å². The van der Waals surface area contributed by atoms with Gasteiger partial charge in [-0.2, -0.15) is 0 Å². The van der Waals surface area contributed by atoms with Crippen molar-refractivity contribution >= 4 is 17.5 Å². The van der Waals surface area contributed by atoms with Gasteiger partial charge in [0.1, 0.15) is 11.2 Å². The third-order valence-corrected chi connectivity index (χ3v) is 5.94. The summed E-state index contributed by atoms with van der Waals surface area (Å²) in [4.78, 5) is 31.9. The van der Waals surface area contributed by atoms with Crippen LogP contribution < -0.4 is 4.90 Å². The van der Waals surface area contributed by atoms with Gasteiger partial charge in [0.2, 0.25) is 11.8 Å². The lowest BCUT2D eigenvalue weighted by Gasteiger charge is -2.38. The number of halogens is 1. The highest BCUT2D eigenvalue weighted by molar-refractivity contribution is 6.07. The molecule has 0 bridgehead atoms. The van der Waals surface area contributed by atoms with Gasteiger partial charge in [0.25, 0.3) is 0 Å². The van der Waals surface area contributed by atoms with E-state index in [1.807, 2.05) is 35.2 Å². The molecule has 0 unspecified atom stereocenters. The molecule has 6 heteroatoms. The minimum atomic E-state index is -0.873. The second-order valence-electron chi connectivity index (χ2n) is 7.98. The maximum atomic E-state index is 13.2. The van der Waals surface area contributed by atoms with Gasteiger partial charge in [0.15, 0.2) is 0 Å². The van der Waals surface area contributed by atoms with Crippen molar-refractivity contribution in [2.75, 3.05) is 38.1 Å². The number of carbonyl (C=O) groups excluding carboxylic acids is 2. The average Bonchev–Trinajstić information content (AvgIpc) is 3.56. The maximum absolute atomic E-state index is 13.2. The number of rotatable bonds is 5. The first-order valence-electron chi connectivity index (χ1n) is 10.1. The molecule has 4 rings (SSSR count). The molecule has 2 aromatic rings. The van der Waals surface area contributed by atoms with Crippen LogP contribution in [0.3, 0.4) is 0 Å². The van der Waals surface area contributed by atoms with Gasteiger partial charge in [-0.15, -0.1) is 0 Å². The Balaban J connectivity index is 1.36. The topological polar surface area (TPSA) is 43.9 Å². The summed E-state index contributed by atoms with van der Waals surface area (Å²) in [7, 11) is 1.77. The second kappa shape index (κ2) is 7.85. The van der Waals surface area contributed by atoms with Gasteiger partial charge in [-0.25, -0.2) is 4.39 Å². The highest BCUT2D eigenvalue weighted by Gasteiger charge is 2.59.